The van der Waals surface area contributed by atoms with Crippen LogP contribution in [0.25, 0.3) is 0 Å². The zero-order chi connectivity index (χ0) is 20.9. The van der Waals surface area contributed by atoms with Crippen LogP contribution in [-0.4, -0.2) is 11.2 Å². The molecule has 0 spiro atoms. The first-order valence-electron chi connectivity index (χ1n) is 13.2. The Balaban J connectivity index is 1.56. The third-order valence-electron chi connectivity index (χ3n) is 11.1. The van der Waals surface area contributed by atoms with Crippen molar-refractivity contribution in [2.24, 2.45) is 34.0 Å². The molecule has 0 bridgehead atoms. The number of hydrogen-bond donors (Lipinski definition) is 1. The summed E-state index contributed by atoms with van der Waals surface area (Å²) in [5.74, 6) is 2.12. The highest BCUT2D eigenvalue weighted by molar-refractivity contribution is 5.38. The van der Waals surface area contributed by atoms with Gasteiger partial charge in [0, 0.05) is 0 Å². The zero-order valence-electron chi connectivity index (χ0n) is 20.2. The Morgan fingerprint density at radius 1 is 0.862 bits per heavy atom. The minimum atomic E-state index is -0.0664. The van der Waals surface area contributed by atoms with Crippen LogP contribution >= 0.6 is 0 Å². The first kappa shape index (κ1) is 21.9. The number of allylic oxidation sites excluding steroid dienone is 2. The van der Waals surface area contributed by atoms with Crippen molar-refractivity contribution in [2.45, 2.75) is 131 Å². The van der Waals surface area contributed by atoms with Crippen molar-refractivity contribution in [3.63, 3.8) is 0 Å². The number of hydrogen-bond acceptors (Lipinski definition) is 1. The third-order valence-corrected chi connectivity index (χ3v) is 11.1. The summed E-state index contributed by atoms with van der Waals surface area (Å²) >= 11 is 0. The second-order valence-corrected chi connectivity index (χ2v) is 12.2. The first-order valence-corrected chi connectivity index (χ1v) is 13.2. The van der Waals surface area contributed by atoms with E-state index >= 15 is 0 Å². The Morgan fingerprint density at radius 2 is 1.62 bits per heavy atom. The van der Waals surface area contributed by atoms with Crippen LogP contribution < -0.4 is 0 Å². The lowest BCUT2D eigenvalue weighted by Crippen LogP contribution is -2.51. The van der Waals surface area contributed by atoms with Crippen molar-refractivity contribution in [1.29, 1.82) is 0 Å². The van der Waals surface area contributed by atoms with E-state index < -0.39 is 0 Å². The van der Waals surface area contributed by atoms with Gasteiger partial charge in [0.15, 0.2) is 0 Å². The quantitative estimate of drug-likeness (QED) is 0.353. The average Bonchev–Trinajstić information content (AvgIpc) is 2.96. The maximum atomic E-state index is 10.5. The van der Waals surface area contributed by atoms with Crippen LogP contribution in [0.5, 0.6) is 0 Å². The molecule has 4 aliphatic rings. The Morgan fingerprint density at radius 3 is 2.38 bits per heavy atom. The van der Waals surface area contributed by atoms with Gasteiger partial charge in [0.1, 0.15) is 0 Å². The molecule has 1 nitrogen and oxygen atoms in total. The highest BCUT2D eigenvalue weighted by Gasteiger charge is 2.61. The summed E-state index contributed by atoms with van der Waals surface area (Å²) in [5, 5.41) is 10.5. The van der Waals surface area contributed by atoms with Crippen molar-refractivity contribution in [3.8, 4) is 0 Å². The molecule has 0 saturated heterocycles. The van der Waals surface area contributed by atoms with E-state index in [-0.39, 0.29) is 6.10 Å². The second-order valence-electron chi connectivity index (χ2n) is 12.2. The van der Waals surface area contributed by atoms with Gasteiger partial charge in [-0.05, 0) is 91.8 Å². The summed E-state index contributed by atoms with van der Waals surface area (Å²) in [6.07, 6.45) is 19.1. The lowest BCUT2D eigenvalue weighted by Gasteiger charge is -2.59. The highest BCUT2D eigenvalue weighted by Crippen LogP contribution is 2.71. The molecular formula is C28H48O. The van der Waals surface area contributed by atoms with Crippen LogP contribution in [0.4, 0.5) is 0 Å². The lowest BCUT2D eigenvalue weighted by molar-refractivity contribution is -0.0394. The average molecular weight is 401 g/mol. The molecule has 0 aliphatic heterocycles. The van der Waals surface area contributed by atoms with E-state index in [1.165, 1.54) is 83.5 Å². The molecule has 1 N–H and O–H groups in total. The fourth-order valence-electron chi connectivity index (χ4n) is 8.88. The molecule has 6 unspecified atom stereocenters. The summed E-state index contributed by atoms with van der Waals surface area (Å²) in [6, 6.07) is 0. The largest absolute Gasteiger partial charge is 0.393 e. The molecule has 1 heteroatoms. The predicted octanol–water partition coefficient (Wildman–Crippen LogP) is 8.07. The molecule has 29 heavy (non-hydrogen) atoms. The molecule has 4 aliphatic carbocycles. The topological polar surface area (TPSA) is 20.2 Å². The van der Waals surface area contributed by atoms with Crippen LogP contribution in [0.3, 0.4) is 0 Å². The third kappa shape index (κ3) is 3.28. The maximum absolute atomic E-state index is 10.5. The minimum Gasteiger partial charge on any atom is -0.393 e. The predicted molar refractivity (Wildman–Crippen MR) is 124 cm³/mol. The zero-order valence-corrected chi connectivity index (χ0v) is 20.2. The Labute approximate surface area is 181 Å². The molecule has 4 rings (SSSR count). The summed E-state index contributed by atoms with van der Waals surface area (Å²) < 4.78 is 0. The van der Waals surface area contributed by atoms with E-state index in [1.54, 1.807) is 0 Å². The number of rotatable bonds is 6. The Hall–Kier alpha value is -0.300. The van der Waals surface area contributed by atoms with Crippen molar-refractivity contribution in [1.82, 2.24) is 0 Å². The minimum absolute atomic E-state index is 0.0664. The molecule has 0 aromatic carbocycles. The van der Waals surface area contributed by atoms with E-state index in [9.17, 15) is 5.11 Å². The van der Waals surface area contributed by atoms with Gasteiger partial charge in [-0.1, -0.05) is 77.9 Å². The van der Waals surface area contributed by atoms with Gasteiger partial charge < -0.3 is 5.11 Å². The van der Waals surface area contributed by atoms with Gasteiger partial charge in [0.05, 0.1) is 6.10 Å². The fraction of sp³-hybridized carbons (Fsp3) is 0.929. The lowest BCUT2D eigenvalue weighted by atomic mass is 9.45. The molecule has 7 atom stereocenters. The van der Waals surface area contributed by atoms with Crippen LogP contribution in [0, 0.1) is 34.0 Å². The number of aliphatic hydroxyl groups excluding tert-OH is 1. The van der Waals surface area contributed by atoms with Gasteiger partial charge in [-0.15, -0.1) is 0 Å². The van der Waals surface area contributed by atoms with Gasteiger partial charge in [-0.2, -0.15) is 0 Å². The van der Waals surface area contributed by atoms with Crippen molar-refractivity contribution in [2.75, 3.05) is 0 Å². The van der Waals surface area contributed by atoms with Crippen molar-refractivity contribution >= 4 is 0 Å². The standard InChI is InChI=1S/C28H48O/c1-6-7-8-9-10-11-21-14-18-28(5)24-13-12-22-20(2)25(29)16-17-26(22,3)23(24)15-19-27(21,28)4/h20-22,25,29H,6-19H2,1-5H3/t20?,21?,22?,25?,26?,27?,28-/m0/s1. The molecule has 2 saturated carbocycles. The molecule has 0 aromatic heterocycles. The van der Waals surface area contributed by atoms with Crippen molar-refractivity contribution < 1.29 is 5.11 Å². The van der Waals surface area contributed by atoms with E-state index in [0.29, 0.717) is 28.1 Å². The Bertz CT molecular complexity index is 634. The summed E-state index contributed by atoms with van der Waals surface area (Å²) in [7, 11) is 0. The monoisotopic (exact) mass is 400 g/mol. The van der Waals surface area contributed by atoms with Gasteiger partial charge in [-0.3, -0.25) is 0 Å². The number of aliphatic hydroxyl groups is 1. The molecule has 0 aromatic rings. The Kier molecular flexibility index (Phi) is 6.04. The van der Waals surface area contributed by atoms with E-state index in [0.717, 1.165) is 12.3 Å². The summed E-state index contributed by atoms with van der Waals surface area (Å²) in [4.78, 5) is 0. The molecule has 0 amide bonds. The molecule has 0 radical (unpaired) electrons. The maximum Gasteiger partial charge on any atom is 0.0569 e. The van der Waals surface area contributed by atoms with Gasteiger partial charge in [0.2, 0.25) is 0 Å². The normalized spacial score (nSPS) is 47.0. The van der Waals surface area contributed by atoms with Gasteiger partial charge in [0.25, 0.3) is 0 Å². The van der Waals surface area contributed by atoms with Crippen LogP contribution in [0.2, 0.25) is 0 Å². The molecule has 166 valence electrons. The van der Waals surface area contributed by atoms with E-state index in [2.05, 4.69) is 34.6 Å². The number of fused-ring (bicyclic) bond motifs is 4. The van der Waals surface area contributed by atoms with Gasteiger partial charge in [-0.25, -0.2) is 0 Å². The fourth-order valence-corrected chi connectivity index (χ4v) is 8.88. The molecule has 0 heterocycles. The first-order chi connectivity index (χ1) is 13.8. The van der Waals surface area contributed by atoms with Crippen molar-refractivity contribution in [3.05, 3.63) is 11.1 Å². The van der Waals surface area contributed by atoms with Crippen LogP contribution in [-0.2, 0) is 0 Å². The SMILES string of the molecule is CCCCCCCC1CC[C@@]2(C)C3=C(CCC12C)C1(C)CCC(O)C(C)C1CC3. The van der Waals surface area contributed by atoms with Gasteiger partial charge >= 0.3 is 0 Å². The number of unbranched alkanes of at least 4 members (excludes halogenated alkanes) is 4. The highest BCUT2D eigenvalue weighted by atomic mass is 16.3. The molecule has 2 fully saturated rings. The smallest absolute Gasteiger partial charge is 0.0569 e. The summed E-state index contributed by atoms with van der Waals surface area (Å²) in [6.45, 7) is 12.6. The summed E-state index contributed by atoms with van der Waals surface area (Å²) in [5.41, 5.74) is 5.12. The van der Waals surface area contributed by atoms with E-state index in [1.807, 2.05) is 11.1 Å². The molecular weight excluding hydrogens is 352 g/mol. The second kappa shape index (κ2) is 7.99. The van der Waals surface area contributed by atoms with Crippen LogP contribution in [0.1, 0.15) is 125 Å². The van der Waals surface area contributed by atoms with Crippen LogP contribution in [0.15, 0.2) is 11.1 Å². The van der Waals surface area contributed by atoms with E-state index in [4.69, 9.17) is 0 Å².